The molecule has 0 saturated carbocycles. The van der Waals surface area contributed by atoms with E-state index in [-0.39, 0.29) is 17.4 Å². The molecule has 0 bridgehead atoms. The first-order valence-corrected chi connectivity index (χ1v) is 9.25. The number of fused-ring (bicyclic) bond motifs is 1. The Morgan fingerprint density at radius 3 is 3.00 bits per heavy atom. The van der Waals surface area contributed by atoms with Crippen LogP contribution in [0.4, 0.5) is 0 Å². The summed E-state index contributed by atoms with van der Waals surface area (Å²) < 4.78 is 1.50. The molecule has 3 aromatic heterocycles. The first-order chi connectivity index (χ1) is 12.0. The second-order valence-electron chi connectivity index (χ2n) is 6.50. The van der Waals surface area contributed by atoms with Crippen LogP contribution in [0.3, 0.4) is 0 Å². The predicted octanol–water partition coefficient (Wildman–Crippen LogP) is 2.12. The van der Waals surface area contributed by atoms with Crippen molar-refractivity contribution >= 4 is 22.9 Å². The Bertz CT molecular complexity index is 989. The summed E-state index contributed by atoms with van der Waals surface area (Å²) in [6.45, 7) is 4.99. The van der Waals surface area contributed by atoms with Gasteiger partial charge in [-0.2, -0.15) is 0 Å². The Kier molecular flexibility index (Phi) is 3.91. The maximum atomic E-state index is 12.5. The van der Waals surface area contributed by atoms with E-state index in [1.807, 2.05) is 17.9 Å². The molecule has 1 fully saturated rings. The highest BCUT2D eigenvalue weighted by molar-refractivity contribution is 7.07. The van der Waals surface area contributed by atoms with E-state index in [0.29, 0.717) is 23.4 Å². The van der Waals surface area contributed by atoms with E-state index in [4.69, 9.17) is 0 Å². The van der Waals surface area contributed by atoms with Crippen LogP contribution in [0.25, 0.3) is 5.65 Å². The molecular formula is C17H19N5O2S. The second kappa shape index (κ2) is 6.11. The highest BCUT2D eigenvalue weighted by Gasteiger charge is 2.27. The number of H-pyrrole nitrogens is 1. The molecule has 4 heterocycles. The number of nitrogens with one attached hydrogen (secondary N) is 1. The highest BCUT2D eigenvalue weighted by atomic mass is 32.1. The van der Waals surface area contributed by atoms with Crippen LogP contribution >= 0.6 is 11.3 Å². The number of hydrogen-bond acceptors (Lipinski definition) is 5. The third-order valence-electron chi connectivity index (χ3n) is 4.90. The van der Waals surface area contributed by atoms with Crippen LogP contribution in [0.5, 0.6) is 0 Å². The summed E-state index contributed by atoms with van der Waals surface area (Å²) in [6, 6.07) is 1.93. The van der Waals surface area contributed by atoms with Crippen LogP contribution in [0.2, 0.25) is 0 Å². The van der Waals surface area contributed by atoms with Crippen LogP contribution in [0.1, 0.15) is 46.2 Å². The number of carbonyl (C=O) groups excluding carboxylic acids is 1. The fourth-order valence-corrected chi connectivity index (χ4v) is 3.87. The number of rotatable bonds is 2. The molecule has 1 amide bonds. The number of aromatic nitrogens is 4. The Balaban J connectivity index is 1.63. The minimum atomic E-state index is -0.0695. The first kappa shape index (κ1) is 16.0. The number of aryl methyl sites for hydroxylation is 1. The van der Waals surface area contributed by atoms with Crippen molar-refractivity contribution in [2.45, 2.75) is 32.6 Å². The van der Waals surface area contributed by atoms with E-state index >= 15 is 0 Å². The third kappa shape index (κ3) is 2.76. The summed E-state index contributed by atoms with van der Waals surface area (Å²) in [5, 5.41) is 4.97. The number of piperidine rings is 1. The molecule has 1 N–H and O–H groups in total. The molecule has 1 aliphatic rings. The predicted molar refractivity (Wildman–Crippen MR) is 95.3 cm³/mol. The molecule has 0 spiro atoms. The number of nitrogens with zero attached hydrogens (tertiary/aromatic N) is 4. The summed E-state index contributed by atoms with van der Waals surface area (Å²) in [6.07, 6.45) is 1.90. The van der Waals surface area contributed by atoms with Crippen molar-refractivity contribution in [1.82, 2.24) is 24.5 Å². The minimum absolute atomic E-state index is 0.0240. The van der Waals surface area contributed by atoms with Crippen molar-refractivity contribution in [2.24, 2.45) is 0 Å². The van der Waals surface area contributed by atoms with Crippen molar-refractivity contribution in [3.63, 3.8) is 0 Å². The molecule has 1 aliphatic heterocycles. The van der Waals surface area contributed by atoms with E-state index in [0.717, 1.165) is 30.8 Å². The molecule has 1 atom stereocenters. The highest BCUT2D eigenvalue weighted by Crippen LogP contribution is 2.27. The van der Waals surface area contributed by atoms with Gasteiger partial charge in [0.2, 0.25) is 0 Å². The zero-order valence-corrected chi connectivity index (χ0v) is 15.0. The second-order valence-corrected chi connectivity index (χ2v) is 7.22. The summed E-state index contributed by atoms with van der Waals surface area (Å²) in [7, 11) is 0. The molecule has 0 aromatic carbocycles. The SMILES string of the molecule is Cc1nc2cc([C@@H]3CCCN(C(=O)c4cscn4)C3)[nH]n2c(=O)c1C. The van der Waals surface area contributed by atoms with Gasteiger partial charge in [0.15, 0.2) is 5.65 Å². The Labute approximate surface area is 148 Å². The average Bonchev–Trinajstić information content (AvgIpc) is 3.29. The van der Waals surface area contributed by atoms with Gasteiger partial charge in [0.1, 0.15) is 5.69 Å². The van der Waals surface area contributed by atoms with Gasteiger partial charge in [0.25, 0.3) is 11.5 Å². The minimum Gasteiger partial charge on any atom is -0.337 e. The van der Waals surface area contributed by atoms with E-state index in [2.05, 4.69) is 15.1 Å². The lowest BCUT2D eigenvalue weighted by Crippen LogP contribution is -2.39. The Hall–Kier alpha value is -2.48. The number of aromatic amines is 1. The number of hydrogen-bond donors (Lipinski definition) is 1. The Morgan fingerprint density at radius 2 is 2.24 bits per heavy atom. The first-order valence-electron chi connectivity index (χ1n) is 8.31. The standard InChI is InChI=1S/C17H19N5O2S/c1-10-11(2)19-15-6-13(20-22(15)16(10)23)12-4-3-5-21(7-12)17(24)14-8-25-9-18-14/h6,8-9,12,20H,3-5,7H2,1-2H3/t12-/m1/s1. The lowest BCUT2D eigenvalue weighted by Gasteiger charge is -2.31. The number of carbonyl (C=O) groups is 1. The summed E-state index contributed by atoms with van der Waals surface area (Å²) in [5.74, 6) is 0.141. The zero-order valence-electron chi connectivity index (χ0n) is 14.2. The molecule has 7 nitrogen and oxygen atoms in total. The molecule has 8 heteroatoms. The number of amides is 1. The van der Waals surface area contributed by atoms with Crippen molar-refractivity contribution in [1.29, 1.82) is 0 Å². The van der Waals surface area contributed by atoms with Crippen molar-refractivity contribution < 1.29 is 4.79 Å². The fraction of sp³-hybridized carbons (Fsp3) is 0.412. The van der Waals surface area contributed by atoms with Gasteiger partial charge in [-0.15, -0.1) is 11.3 Å². The van der Waals surface area contributed by atoms with Gasteiger partial charge in [-0.05, 0) is 26.7 Å². The molecule has 25 heavy (non-hydrogen) atoms. The molecule has 0 aliphatic carbocycles. The molecular weight excluding hydrogens is 338 g/mol. The monoisotopic (exact) mass is 357 g/mol. The lowest BCUT2D eigenvalue weighted by atomic mass is 9.94. The molecule has 0 unspecified atom stereocenters. The molecule has 0 radical (unpaired) electrons. The van der Waals surface area contributed by atoms with Crippen LogP contribution < -0.4 is 5.56 Å². The largest absolute Gasteiger partial charge is 0.337 e. The van der Waals surface area contributed by atoms with Crippen molar-refractivity contribution in [2.75, 3.05) is 13.1 Å². The quantitative estimate of drug-likeness (QED) is 0.761. The van der Waals surface area contributed by atoms with Crippen LogP contribution in [0, 0.1) is 13.8 Å². The number of thiazole rings is 1. The van der Waals surface area contributed by atoms with Gasteiger partial charge in [0, 0.05) is 47.4 Å². The fourth-order valence-electron chi connectivity index (χ4n) is 3.34. The third-order valence-corrected chi connectivity index (χ3v) is 5.49. The summed E-state index contributed by atoms with van der Waals surface area (Å²) in [5.41, 5.74) is 5.09. The van der Waals surface area contributed by atoms with E-state index in [1.54, 1.807) is 17.8 Å². The summed E-state index contributed by atoms with van der Waals surface area (Å²) >= 11 is 1.43. The van der Waals surface area contributed by atoms with Crippen LogP contribution in [-0.2, 0) is 0 Å². The Morgan fingerprint density at radius 1 is 1.40 bits per heavy atom. The van der Waals surface area contributed by atoms with Gasteiger partial charge in [-0.25, -0.2) is 14.5 Å². The average molecular weight is 357 g/mol. The van der Waals surface area contributed by atoms with Gasteiger partial charge in [-0.1, -0.05) is 0 Å². The van der Waals surface area contributed by atoms with Gasteiger partial charge >= 0.3 is 0 Å². The van der Waals surface area contributed by atoms with Gasteiger partial charge in [-0.3, -0.25) is 14.7 Å². The maximum absolute atomic E-state index is 12.5. The normalized spacial score (nSPS) is 18.0. The van der Waals surface area contributed by atoms with Crippen LogP contribution in [-0.4, -0.2) is 43.5 Å². The molecule has 1 saturated heterocycles. The van der Waals surface area contributed by atoms with Gasteiger partial charge < -0.3 is 4.90 Å². The van der Waals surface area contributed by atoms with Crippen molar-refractivity contribution in [3.05, 3.63) is 50.0 Å². The molecule has 130 valence electrons. The topological polar surface area (TPSA) is 83.4 Å². The smallest absolute Gasteiger partial charge is 0.275 e. The van der Waals surface area contributed by atoms with Crippen LogP contribution in [0.15, 0.2) is 21.8 Å². The molecule has 3 aromatic rings. The maximum Gasteiger partial charge on any atom is 0.275 e. The van der Waals surface area contributed by atoms with E-state index in [1.165, 1.54) is 15.9 Å². The number of likely N-dealkylation sites (tertiary alicyclic amines) is 1. The van der Waals surface area contributed by atoms with E-state index in [9.17, 15) is 9.59 Å². The van der Waals surface area contributed by atoms with Gasteiger partial charge in [0.05, 0.1) is 5.51 Å². The summed E-state index contributed by atoms with van der Waals surface area (Å²) in [4.78, 5) is 35.4. The van der Waals surface area contributed by atoms with E-state index < -0.39 is 0 Å². The lowest BCUT2D eigenvalue weighted by molar-refractivity contribution is 0.0700. The zero-order chi connectivity index (χ0) is 17.6. The van der Waals surface area contributed by atoms with Crippen molar-refractivity contribution in [3.8, 4) is 0 Å². The molecule has 4 rings (SSSR count).